The lowest BCUT2D eigenvalue weighted by atomic mass is 10.0. The second-order valence-electron chi connectivity index (χ2n) is 6.01. The number of carbonyl (C=O) groups is 1. The van der Waals surface area contributed by atoms with Crippen LogP contribution in [0.5, 0.6) is 0 Å². The van der Waals surface area contributed by atoms with Crippen molar-refractivity contribution in [1.29, 1.82) is 0 Å². The van der Waals surface area contributed by atoms with Crippen molar-refractivity contribution in [2.45, 2.75) is 13.0 Å². The molecular weight excluding hydrogens is 426 g/mol. The van der Waals surface area contributed by atoms with Crippen LogP contribution in [0.4, 0.5) is 15.1 Å². The molecule has 2 aromatic rings. The Morgan fingerprint density at radius 1 is 1.50 bits per heavy atom. The molecule has 2 heterocycles. The molecule has 28 heavy (non-hydrogen) atoms. The lowest BCUT2D eigenvalue weighted by molar-refractivity contribution is 0.0250. The molecule has 0 N–H and O–H groups in total. The van der Waals surface area contributed by atoms with Crippen molar-refractivity contribution < 1.29 is 18.7 Å². The fraction of sp³-hybridized carbons (Fsp3) is 0.368. The average molecular weight is 443 g/mol. The minimum Gasteiger partial charge on any atom is -0.462 e. The number of hydrogen-bond donors (Lipinski definition) is 0. The highest BCUT2D eigenvalue weighted by Crippen LogP contribution is 2.50. The minimum atomic E-state index is -0.615. The van der Waals surface area contributed by atoms with Crippen LogP contribution >= 0.6 is 34.5 Å². The van der Waals surface area contributed by atoms with Gasteiger partial charge in [-0.25, -0.2) is 14.0 Å². The lowest BCUT2D eigenvalue weighted by Gasteiger charge is -2.32. The Balaban J connectivity index is 2.17. The normalized spacial score (nSPS) is 16.7. The van der Waals surface area contributed by atoms with Gasteiger partial charge in [-0.3, -0.25) is 0 Å². The summed E-state index contributed by atoms with van der Waals surface area (Å²) in [5.41, 5.74) is 1.23. The number of morpholine rings is 1. The molecule has 148 valence electrons. The Hall–Kier alpha value is -1.85. The van der Waals surface area contributed by atoms with Crippen LogP contribution in [0, 0.1) is 6.57 Å². The van der Waals surface area contributed by atoms with Gasteiger partial charge < -0.3 is 14.4 Å². The molecule has 0 bridgehead atoms. The van der Waals surface area contributed by atoms with E-state index < -0.39 is 18.7 Å². The third-order valence-corrected chi connectivity index (χ3v) is 6.00. The van der Waals surface area contributed by atoms with E-state index in [2.05, 4.69) is 4.85 Å². The Kier molecular flexibility index (Phi) is 6.78. The van der Waals surface area contributed by atoms with Crippen molar-refractivity contribution in [3.05, 3.63) is 44.5 Å². The van der Waals surface area contributed by atoms with Gasteiger partial charge in [-0.1, -0.05) is 29.3 Å². The summed E-state index contributed by atoms with van der Waals surface area (Å²) in [5.74, 6) is -0.528. The van der Waals surface area contributed by atoms with Gasteiger partial charge in [0.1, 0.15) is 17.7 Å². The Bertz CT molecular complexity index is 929. The Morgan fingerprint density at radius 2 is 2.29 bits per heavy atom. The van der Waals surface area contributed by atoms with Crippen LogP contribution in [-0.4, -0.2) is 45.1 Å². The predicted octanol–water partition coefficient (Wildman–Crippen LogP) is 5.62. The highest BCUT2D eigenvalue weighted by atomic mass is 35.5. The smallest absolute Gasteiger partial charge is 0.347 e. The SMILES string of the molecule is [C-]#[N+]c1c(N2CCOC(CF)C2)sc(C(=O)OCC)c1-c1ccc(Cl)cc1Cl. The number of alkyl halides is 1. The maximum absolute atomic E-state index is 13.1. The molecule has 1 atom stereocenters. The van der Waals surface area contributed by atoms with E-state index in [1.807, 2.05) is 4.90 Å². The third kappa shape index (κ3) is 4.11. The summed E-state index contributed by atoms with van der Waals surface area (Å²) in [6, 6.07) is 4.89. The largest absolute Gasteiger partial charge is 0.462 e. The van der Waals surface area contributed by atoms with Crippen LogP contribution in [0.2, 0.25) is 10.0 Å². The van der Waals surface area contributed by atoms with Gasteiger partial charge in [0.05, 0.1) is 24.8 Å². The zero-order valence-corrected chi connectivity index (χ0v) is 17.3. The summed E-state index contributed by atoms with van der Waals surface area (Å²) in [7, 11) is 0. The first-order valence-corrected chi connectivity index (χ1v) is 10.2. The van der Waals surface area contributed by atoms with E-state index in [1.54, 1.807) is 25.1 Å². The predicted molar refractivity (Wildman–Crippen MR) is 110 cm³/mol. The molecule has 1 fully saturated rings. The molecule has 9 heteroatoms. The Labute approximate surface area is 176 Å². The summed E-state index contributed by atoms with van der Waals surface area (Å²) in [5, 5.41) is 1.36. The van der Waals surface area contributed by atoms with E-state index in [9.17, 15) is 9.18 Å². The molecule has 0 aliphatic carbocycles. The van der Waals surface area contributed by atoms with Gasteiger partial charge in [0.25, 0.3) is 0 Å². The average Bonchev–Trinajstić information content (AvgIpc) is 3.07. The maximum Gasteiger partial charge on any atom is 0.347 e. The quantitative estimate of drug-likeness (QED) is 0.444. The standard InChI is InChI=1S/C19H17Cl2FN2O3S/c1-3-26-19(25)17-15(13-5-4-11(20)8-14(13)21)16(23-2)18(28-17)24-6-7-27-12(9-22)10-24/h4-5,8,12H,3,6-7,9-10H2,1H3. The molecule has 5 nitrogen and oxygen atoms in total. The summed E-state index contributed by atoms with van der Waals surface area (Å²) < 4.78 is 23.7. The van der Waals surface area contributed by atoms with E-state index >= 15 is 0 Å². The summed E-state index contributed by atoms with van der Waals surface area (Å²) >= 11 is 13.5. The van der Waals surface area contributed by atoms with E-state index in [0.29, 0.717) is 45.9 Å². The second kappa shape index (κ2) is 9.10. The fourth-order valence-corrected chi connectivity index (χ4v) is 4.69. The monoisotopic (exact) mass is 442 g/mol. The summed E-state index contributed by atoms with van der Waals surface area (Å²) in [6.07, 6.45) is -0.567. The topological polar surface area (TPSA) is 43.1 Å². The van der Waals surface area contributed by atoms with Crippen molar-refractivity contribution in [3.8, 4) is 11.1 Å². The maximum atomic E-state index is 13.1. The number of carbonyl (C=O) groups excluding carboxylic acids is 1. The number of thiophene rings is 1. The Morgan fingerprint density at radius 3 is 2.93 bits per heavy atom. The number of rotatable bonds is 5. The van der Waals surface area contributed by atoms with Crippen LogP contribution in [-0.2, 0) is 9.47 Å². The molecule has 1 aliphatic heterocycles. The third-order valence-electron chi connectivity index (χ3n) is 4.24. The zero-order valence-electron chi connectivity index (χ0n) is 15.0. The van der Waals surface area contributed by atoms with Crippen LogP contribution in [0.3, 0.4) is 0 Å². The summed E-state index contributed by atoms with van der Waals surface area (Å²) in [6.45, 7) is 10.2. The molecule has 1 aromatic carbocycles. The van der Waals surface area contributed by atoms with Gasteiger partial charge in [0.15, 0.2) is 0 Å². The zero-order chi connectivity index (χ0) is 20.3. The van der Waals surface area contributed by atoms with Gasteiger partial charge in [-0.05, 0) is 24.6 Å². The lowest BCUT2D eigenvalue weighted by Crippen LogP contribution is -2.43. The number of benzene rings is 1. The van der Waals surface area contributed by atoms with Gasteiger partial charge in [0.2, 0.25) is 5.69 Å². The summed E-state index contributed by atoms with van der Waals surface area (Å²) in [4.78, 5) is 18.5. The first-order chi connectivity index (χ1) is 13.5. The first kappa shape index (κ1) is 20.9. The van der Waals surface area contributed by atoms with Crippen molar-refractivity contribution >= 4 is 51.2 Å². The van der Waals surface area contributed by atoms with Gasteiger partial charge in [-0.2, -0.15) is 0 Å². The van der Waals surface area contributed by atoms with Crippen molar-refractivity contribution in [2.75, 3.05) is 37.9 Å². The number of nitrogens with zero attached hydrogens (tertiary/aromatic N) is 2. The van der Waals surface area contributed by atoms with Crippen molar-refractivity contribution in [2.24, 2.45) is 0 Å². The van der Waals surface area contributed by atoms with Crippen molar-refractivity contribution in [3.63, 3.8) is 0 Å². The first-order valence-electron chi connectivity index (χ1n) is 8.59. The highest BCUT2D eigenvalue weighted by molar-refractivity contribution is 7.19. The van der Waals surface area contributed by atoms with Crippen LogP contribution in [0.25, 0.3) is 16.0 Å². The number of ether oxygens (including phenoxy) is 2. The number of halogens is 3. The molecule has 0 spiro atoms. The molecule has 0 amide bonds. The van der Waals surface area contributed by atoms with E-state index in [-0.39, 0.29) is 17.2 Å². The van der Waals surface area contributed by atoms with E-state index in [0.717, 1.165) is 11.3 Å². The molecule has 1 aliphatic rings. The minimum absolute atomic E-state index is 0.203. The molecule has 0 saturated carbocycles. The van der Waals surface area contributed by atoms with Crippen molar-refractivity contribution in [1.82, 2.24) is 0 Å². The molecule has 0 radical (unpaired) electrons. The fourth-order valence-electron chi connectivity index (χ4n) is 3.01. The van der Waals surface area contributed by atoms with Crippen LogP contribution in [0.15, 0.2) is 18.2 Å². The van der Waals surface area contributed by atoms with E-state index in [4.69, 9.17) is 39.2 Å². The van der Waals surface area contributed by atoms with Gasteiger partial charge in [-0.15, -0.1) is 11.3 Å². The van der Waals surface area contributed by atoms with Gasteiger partial charge >= 0.3 is 5.97 Å². The number of hydrogen-bond acceptors (Lipinski definition) is 5. The van der Waals surface area contributed by atoms with Crippen LogP contribution in [0.1, 0.15) is 16.6 Å². The molecule has 3 rings (SSSR count). The molecular formula is C19H17Cl2FN2O3S. The molecule has 1 aromatic heterocycles. The molecule has 1 unspecified atom stereocenters. The van der Waals surface area contributed by atoms with E-state index in [1.165, 1.54) is 0 Å². The number of anilines is 1. The second-order valence-corrected chi connectivity index (χ2v) is 7.85. The molecule has 1 saturated heterocycles. The van der Waals surface area contributed by atoms with Gasteiger partial charge in [0, 0.05) is 28.7 Å². The highest BCUT2D eigenvalue weighted by Gasteiger charge is 2.31. The van der Waals surface area contributed by atoms with Crippen LogP contribution < -0.4 is 4.90 Å². The number of esters is 1.